The summed E-state index contributed by atoms with van der Waals surface area (Å²) in [6.07, 6.45) is 1.78. The molecule has 2 N–H and O–H groups in total. The molecule has 0 fully saturated rings. The highest BCUT2D eigenvalue weighted by Crippen LogP contribution is 2.34. The van der Waals surface area contributed by atoms with Gasteiger partial charge in [0.2, 0.25) is 0 Å². The van der Waals surface area contributed by atoms with Gasteiger partial charge in [0.1, 0.15) is 11.3 Å². The molecule has 0 saturated carbocycles. The lowest BCUT2D eigenvalue weighted by atomic mass is 9.98. The van der Waals surface area contributed by atoms with E-state index in [0.717, 1.165) is 27.6 Å². The first-order chi connectivity index (χ1) is 17.1. The number of carboxylic acid groups (broad SMARTS) is 1. The summed E-state index contributed by atoms with van der Waals surface area (Å²) in [6, 6.07) is 13.9. The van der Waals surface area contributed by atoms with Gasteiger partial charge in [0.25, 0.3) is 0 Å². The summed E-state index contributed by atoms with van der Waals surface area (Å²) in [6.45, 7) is 5.58. The van der Waals surface area contributed by atoms with Crippen LogP contribution in [0.2, 0.25) is 5.02 Å². The van der Waals surface area contributed by atoms with Crippen LogP contribution in [0.15, 0.2) is 63.9 Å². The molecule has 0 aliphatic carbocycles. The maximum atomic E-state index is 13.5. The molecule has 1 atom stereocenters. The van der Waals surface area contributed by atoms with Gasteiger partial charge in [0.15, 0.2) is 5.43 Å². The topological polar surface area (TPSA) is 97.4 Å². The zero-order valence-corrected chi connectivity index (χ0v) is 21.0. The Bertz CT molecular complexity index is 1740. The smallest absolute Gasteiger partial charge is 0.337 e. The van der Waals surface area contributed by atoms with Crippen molar-refractivity contribution in [2.24, 2.45) is 7.05 Å². The summed E-state index contributed by atoms with van der Waals surface area (Å²) in [5, 5.41) is 19.0. The number of hydrogen-bond donors (Lipinski definition) is 2. The molecule has 7 nitrogen and oxygen atoms in total. The summed E-state index contributed by atoms with van der Waals surface area (Å²) in [5.41, 5.74) is 4.77. The molecule has 0 spiro atoms. The number of nitrogens with zero attached hydrogens (tertiary/aromatic N) is 2. The fourth-order valence-corrected chi connectivity index (χ4v) is 4.77. The van der Waals surface area contributed by atoms with Crippen molar-refractivity contribution in [2.75, 3.05) is 5.32 Å². The van der Waals surface area contributed by atoms with Gasteiger partial charge in [-0.15, -0.1) is 0 Å². The number of nitrogens with one attached hydrogen (secondary N) is 1. The lowest BCUT2D eigenvalue weighted by Gasteiger charge is -2.20. The average Bonchev–Trinajstić information content (AvgIpc) is 3.22. The van der Waals surface area contributed by atoms with Crippen LogP contribution in [0.25, 0.3) is 33.2 Å². The van der Waals surface area contributed by atoms with E-state index >= 15 is 0 Å². The third-order valence-electron chi connectivity index (χ3n) is 6.45. The lowest BCUT2D eigenvalue weighted by molar-refractivity contribution is 0.0698. The number of halogens is 1. The predicted octanol–water partition coefficient (Wildman–Crippen LogP) is 6.49. The number of aryl methyl sites for hydroxylation is 2. The van der Waals surface area contributed by atoms with Crippen molar-refractivity contribution in [3.05, 3.63) is 92.2 Å². The average molecular weight is 502 g/mol. The highest BCUT2D eigenvalue weighted by Gasteiger charge is 2.21. The van der Waals surface area contributed by atoms with Crippen LogP contribution in [-0.4, -0.2) is 20.9 Å². The quantitative estimate of drug-likeness (QED) is 0.286. The molecule has 0 bridgehead atoms. The maximum Gasteiger partial charge on any atom is 0.337 e. The summed E-state index contributed by atoms with van der Waals surface area (Å²) in [5.74, 6) is -0.593. The Morgan fingerprint density at radius 1 is 1.14 bits per heavy atom. The highest BCUT2D eigenvalue weighted by molar-refractivity contribution is 6.31. The first-order valence-electron chi connectivity index (χ1n) is 11.4. The molecule has 2 heterocycles. The van der Waals surface area contributed by atoms with Gasteiger partial charge in [0, 0.05) is 39.8 Å². The van der Waals surface area contributed by atoms with Gasteiger partial charge in [-0.2, -0.15) is 5.10 Å². The molecule has 5 rings (SSSR count). The van der Waals surface area contributed by atoms with Crippen molar-refractivity contribution in [3.8, 4) is 11.3 Å². The zero-order valence-electron chi connectivity index (χ0n) is 20.2. The minimum atomic E-state index is -1.09. The van der Waals surface area contributed by atoms with Gasteiger partial charge in [-0.25, -0.2) is 4.79 Å². The fourth-order valence-electron chi connectivity index (χ4n) is 4.60. The predicted molar refractivity (Wildman–Crippen MR) is 142 cm³/mol. The highest BCUT2D eigenvalue weighted by atomic mass is 35.5. The number of carboxylic acids is 1. The second-order valence-corrected chi connectivity index (χ2v) is 9.46. The molecule has 0 saturated heterocycles. The van der Waals surface area contributed by atoms with Gasteiger partial charge in [-0.3, -0.25) is 9.48 Å². The van der Waals surface area contributed by atoms with Gasteiger partial charge < -0.3 is 14.8 Å². The monoisotopic (exact) mass is 501 g/mol. The first-order valence-corrected chi connectivity index (χ1v) is 11.8. The summed E-state index contributed by atoms with van der Waals surface area (Å²) in [4.78, 5) is 25.2. The summed E-state index contributed by atoms with van der Waals surface area (Å²) in [7, 11) is 1.88. The molecule has 2 aromatic heterocycles. The number of benzene rings is 3. The van der Waals surface area contributed by atoms with Crippen LogP contribution in [0.5, 0.6) is 0 Å². The minimum absolute atomic E-state index is 0.0640. The number of aromatic nitrogens is 2. The van der Waals surface area contributed by atoms with Gasteiger partial charge in [-0.05, 0) is 68.8 Å². The lowest BCUT2D eigenvalue weighted by Crippen LogP contribution is -2.14. The van der Waals surface area contributed by atoms with Crippen LogP contribution in [0.4, 0.5) is 5.69 Å². The third-order valence-corrected chi connectivity index (χ3v) is 6.69. The van der Waals surface area contributed by atoms with E-state index in [1.807, 2.05) is 51.2 Å². The first kappa shape index (κ1) is 23.6. The number of anilines is 1. The second kappa shape index (κ2) is 8.84. The Kier molecular flexibility index (Phi) is 5.80. The molecule has 0 unspecified atom stereocenters. The maximum absolute atomic E-state index is 13.5. The van der Waals surface area contributed by atoms with Crippen LogP contribution in [0, 0.1) is 13.8 Å². The van der Waals surface area contributed by atoms with Gasteiger partial charge >= 0.3 is 5.97 Å². The Labute approximate surface area is 211 Å². The Morgan fingerprint density at radius 2 is 1.92 bits per heavy atom. The van der Waals surface area contributed by atoms with E-state index in [9.17, 15) is 14.7 Å². The number of carbonyl (C=O) groups is 1. The number of hydrogen-bond acceptors (Lipinski definition) is 5. The minimum Gasteiger partial charge on any atom is -0.478 e. The normalized spacial score (nSPS) is 12.2. The molecule has 8 heteroatoms. The van der Waals surface area contributed by atoms with Gasteiger partial charge in [0.05, 0.1) is 28.7 Å². The van der Waals surface area contributed by atoms with Crippen molar-refractivity contribution in [1.29, 1.82) is 0 Å². The molecule has 182 valence electrons. The molecule has 5 aromatic rings. The Hall–Kier alpha value is -4.10. The van der Waals surface area contributed by atoms with Gasteiger partial charge in [-0.1, -0.05) is 17.7 Å². The van der Waals surface area contributed by atoms with Crippen LogP contribution < -0.4 is 10.7 Å². The van der Waals surface area contributed by atoms with E-state index in [0.29, 0.717) is 33.0 Å². The number of aromatic carboxylic acids is 1. The molecule has 3 aromatic carbocycles. The van der Waals surface area contributed by atoms with Crippen molar-refractivity contribution in [3.63, 3.8) is 0 Å². The standard InChI is InChI=1S/C28H24ClN3O4/c1-14-9-20(16(3)31-23-7-6-19(29)12-21(23)28(34)35)27-22(10-14)25(33)15(2)26(36-27)17-5-8-24-18(11-17)13-30-32(24)4/h5-13,16,31H,1-4H3,(H,34,35)/t16-/m1/s1. The molecular weight excluding hydrogens is 478 g/mol. The molecule has 0 radical (unpaired) electrons. The Morgan fingerprint density at radius 3 is 2.67 bits per heavy atom. The van der Waals surface area contributed by atoms with Crippen molar-refractivity contribution in [2.45, 2.75) is 26.8 Å². The van der Waals surface area contributed by atoms with E-state index in [1.54, 1.807) is 29.9 Å². The van der Waals surface area contributed by atoms with E-state index < -0.39 is 5.97 Å². The molecular formula is C28H24ClN3O4. The van der Waals surface area contributed by atoms with E-state index in [2.05, 4.69) is 10.4 Å². The van der Waals surface area contributed by atoms with E-state index in [-0.39, 0.29) is 17.0 Å². The fraction of sp³-hybridized carbons (Fsp3) is 0.179. The van der Waals surface area contributed by atoms with Crippen LogP contribution in [0.1, 0.15) is 40.0 Å². The van der Waals surface area contributed by atoms with E-state index in [4.69, 9.17) is 16.0 Å². The van der Waals surface area contributed by atoms with Crippen molar-refractivity contribution < 1.29 is 14.3 Å². The Balaban J connectivity index is 1.67. The van der Waals surface area contributed by atoms with Crippen molar-refractivity contribution >= 4 is 45.1 Å². The molecule has 0 aliphatic heterocycles. The van der Waals surface area contributed by atoms with Crippen LogP contribution >= 0.6 is 11.6 Å². The largest absolute Gasteiger partial charge is 0.478 e. The summed E-state index contributed by atoms with van der Waals surface area (Å²) < 4.78 is 8.24. The van der Waals surface area contributed by atoms with E-state index in [1.165, 1.54) is 6.07 Å². The number of fused-ring (bicyclic) bond motifs is 2. The molecule has 0 aliphatic rings. The zero-order chi connectivity index (χ0) is 25.7. The second-order valence-electron chi connectivity index (χ2n) is 9.02. The van der Waals surface area contributed by atoms with Crippen molar-refractivity contribution in [1.82, 2.24) is 9.78 Å². The van der Waals surface area contributed by atoms with Crippen LogP contribution in [-0.2, 0) is 7.05 Å². The summed E-state index contributed by atoms with van der Waals surface area (Å²) >= 11 is 6.01. The third kappa shape index (κ3) is 4.01. The SMILES string of the molecule is Cc1cc([C@@H](C)Nc2ccc(Cl)cc2C(=O)O)c2oc(-c3ccc4c(cnn4C)c3)c(C)c(=O)c2c1. The molecule has 36 heavy (non-hydrogen) atoms. The van der Waals surface area contributed by atoms with Crippen LogP contribution in [0.3, 0.4) is 0 Å². The molecule has 0 amide bonds. The number of rotatable bonds is 5.